The fraction of sp³-hybridized carbons (Fsp3) is 0.500. The Kier molecular flexibility index (Phi) is 8.41. The minimum Gasteiger partial charge on any atom is -0.480 e. The lowest BCUT2D eigenvalue weighted by Crippen LogP contribution is -2.48. The molecule has 2 aliphatic heterocycles. The first kappa shape index (κ1) is 26.3. The van der Waals surface area contributed by atoms with Crippen molar-refractivity contribution in [3.63, 3.8) is 0 Å². The molecule has 194 valence electrons. The highest BCUT2D eigenvalue weighted by atomic mass is 35.5. The van der Waals surface area contributed by atoms with Crippen LogP contribution in [0.25, 0.3) is 0 Å². The number of nitrogens with zero attached hydrogens (tertiary/aromatic N) is 2. The number of halogens is 3. The number of hydrogen-bond donors (Lipinski definition) is 3. The highest BCUT2D eigenvalue weighted by Gasteiger charge is 2.36. The standard InChI is InChI=1S/C26H31ClF2N4O3/c27-22-19(5-1-6-20(22)28)24(34)32-21(25(35)36)10-15-33-14-3-11-26(29,16-33)12-9-18-8-7-17-4-2-13-30-23(17)31-18/h1,5-8,21H,2-4,9-16H2,(H,30,31)(H,32,34)(H,35,36)/t21-,26+/m0/s1. The van der Waals surface area contributed by atoms with E-state index in [1.54, 1.807) is 0 Å². The number of benzene rings is 1. The lowest BCUT2D eigenvalue weighted by Gasteiger charge is -2.38. The van der Waals surface area contributed by atoms with Crippen LogP contribution >= 0.6 is 11.6 Å². The summed E-state index contributed by atoms with van der Waals surface area (Å²) in [6.45, 7) is 2.06. The number of carboxylic acids is 1. The molecular formula is C26H31ClF2N4O3. The molecule has 1 fully saturated rings. The number of carbonyl (C=O) groups excluding carboxylic acids is 1. The van der Waals surface area contributed by atoms with Crippen molar-refractivity contribution < 1.29 is 23.5 Å². The highest BCUT2D eigenvalue weighted by molar-refractivity contribution is 6.34. The first-order valence-electron chi connectivity index (χ1n) is 12.4. The molecule has 0 unspecified atom stereocenters. The first-order chi connectivity index (χ1) is 17.2. The molecule has 7 nitrogen and oxygen atoms in total. The molecule has 0 spiro atoms. The van der Waals surface area contributed by atoms with Crippen molar-refractivity contribution in [1.82, 2.24) is 15.2 Å². The summed E-state index contributed by atoms with van der Waals surface area (Å²) in [5, 5.41) is 14.9. The van der Waals surface area contributed by atoms with E-state index in [4.69, 9.17) is 11.6 Å². The van der Waals surface area contributed by atoms with Crippen LogP contribution in [0.5, 0.6) is 0 Å². The van der Waals surface area contributed by atoms with Crippen molar-refractivity contribution in [1.29, 1.82) is 0 Å². The average molecular weight is 521 g/mol. The summed E-state index contributed by atoms with van der Waals surface area (Å²) in [6.07, 6.45) is 4.16. The maximum absolute atomic E-state index is 15.7. The van der Waals surface area contributed by atoms with Gasteiger partial charge in [0.1, 0.15) is 23.3 Å². The second kappa shape index (κ2) is 11.5. The maximum Gasteiger partial charge on any atom is 0.326 e. The number of piperidine rings is 1. The quantitative estimate of drug-likeness (QED) is 0.458. The van der Waals surface area contributed by atoms with E-state index in [1.807, 2.05) is 11.0 Å². The predicted octanol–water partition coefficient (Wildman–Crippen LogP) is 4.24. The van der Waals surface area contributed by atoms with E-state index in [2.05, 4.69) is 21.7 Å². The molecule has 0 aliphatic carbocycles. The number of aliphatic carboxylic acids is 1. The van der Waals surface area contributed by atoms with Crippen LogP contribution in [0, 0.1) is 5.82 Å². The van der Waals surface area contributed by atoms with E-state index in [-0.39, 0.29) is 23.6 Å². The third kappa shape index (κ3) is 6.50. The number of fused-ring (bicyclic) bond motifs is 1. The number of pyridine rings is 1. The van der Waals surface area contributed by atoms with Gasteiger partial charge in [0, 0.05) is 25.3 Å². The van der Waals surface area contributed by atoms with E-state index < -0.39 is 29.4 Å². The van der Waals surface area contributed by atoms with E-state index in [0.29, 0.717) is 38.8 Å². The lowest BCUT2D eigenvalue weighted by atomic mass is 9.89. The molecule has 2 atom stereocenters. The number of carboxylic acid groups (broad SMARTS) is 1. The minimum absolute atomic E-state index is 0.0855. The SMILES string of the molecule is O=C(N[C@@H](CCN1CCC[C@@](F)(CCc2ccc3c(n2)NCCC3)C1)C(=O)O)c1cccc(F)c1Cl. The Morgan fingerprint density at radius 2 is 2.11 bits per heavy atom. The van der Waals surface area contributed by atoms with Crippen LogP contribution in [0.1, 0.15) is 53.7 Å². The number of hydrogen-bond acceptors (Lipinski definition) is 5. The van der Waals surface area contributed by atoms with Crippen molar-refractivity contribution in [2.45, 2.75) is 56.7 Å². The van der Waals surface area contributed by atoms with Gasteiger partial charge in [0.25, 0.3) is 5.91 Å². The van der Waals surface area contributed by atoms with Crippen LogP contribution in [-0.4, -0.2) is 64.8 Å². The van der Waals surface area contributed by atoms with Crippen molar-refractivity contribution >= 4 is 29.3 Å². The van der Waals surface area contributed by atoms with Crippen molar-refractivity contribution in [3.8, 4) is 0 Å². The molecule has 1 saturated heterocycles. The number of amides is 1. The largest absolute Gasteiger partial charge is 0.480 e. The number of aromatic nitrogens is 1. The monoisotopic (exact) mass is 520 g/mol. The van der Waals surface area contributed by atoms with E-state index in [0.717, 1.165) is 37.0 Å². The van der Waals surface area contributed by atoms with Gasteiger partial charge in [0.15, 0.2) is 0 Å². The Hall–Kier alpha value is -2.78. The summed E-state index contributed by atoms with van der Waals surface area (Å²) >= 11 is 5.85. The molecule has 2 aromatic rings. The van der Waals surface area contributed by atoms with Crippen LogP contribution in [0.2, 0.25) is 5.02 Å². The van der Waals surface area contributed by atoms with Gasteiger partial charge in [-0.3, -0.25) is 4.79 Å². The molecule has 0 saturated carbocycles. The summed E-state index contributed by atoms with van der Waals surface area (Å²) in [6, 6.07) is 6.61. The summed E-state index contributed by atoms with van der Waals surface area (Å²) in [7, 11) is 0. The summed E-state index contributed by atoms with van der Waals surface area (Å²) in [4.78, 5) is 30.8. The molecule has 2 aliphatic rings. The Bertz CT molecular complexity index is 1120. The molecule has 1 aromatic carbocycles. The van der Waals surface area contributed by atoms with Crippen LogP contribution in [0.4, 0.5) is 14.6 Å². The van der Waals surface area contributed by atoms with E-state index in [1.165, 1.54) is 17.7 Å². The smallest absolute Gasteiger partial charge is 0.326 e. The van der Waals surface area contributed by atoms with Gasteiger partial charge >= 0.3 is 5.97 Å². The number of carbonyl (C=O) groups is 2. The molecule has 0 bridgehead atoms. The van der Waals surface area contributed by atoms with Crippen molar-refractivity contribution in [2.75, 3.05) is 31.5 Å². The van der Waals surface area contributed by atoms with E-state index >= 15 is 4.39 Å². The van der Waals surface area contributed by atoms with Crippen LogP contribution in [-0.2, 0) is 17.6 Å². The summed E-state index contributed by atoms with van der Waals surface area (Å²) in [5.41, 5.74) is 0.542. The number of nitrogens with one attached hydrogen (secondary N) is 2. The third-order valence-corrected chi connectivity index (χ3v) is 7.30. The highest BCUT2D eigenvalue weighted by Crippen LogP contribution is 2.31. The number of aryl methyl sites for hydroxylation is 2. The zero-order chi connectivity index (χ0) is 25.7. The van der Waals surface area contributed by atoms with Crippen molar-refractivity contribution in [3.05, 3.63) is 58.0 Å². The second-order valence-electron chi connectivity index (χ2n) is 9.63. The number of alkyl halides is 1. The Balaban J connectivity index is 1.31. The summed E-state index contributed by atoms with van der Waals surface area (Å²) in [5.74, 6) is -1.84. The molecule has 3 N–H and O–H groups in total. The van der Waals surface area contributed by atoms with Gasteiger partial charge in [-0.05, 0) is 75.3 Å². The Morgan fingerprint density at radius 3 is 2.92 bits per heavy atom. The van der Waals surface area contributed by atoms with Gasteiger partial charge in [0.05, 0.1) is 10.6 Å². The molecule has 3 heterocycles. The molecule has 10 heteroatoms. The summed E-state index contributed by atoms with van der Waals surface area (Å²) < 4.78 is 29.4. The molecule has 36 heavy (non-hydrogen) atoms. The zero-order valence-corrected chi connectivity index (χ0v) is 20.8. The van der Waals surface area contributed by atoms with E-state index in [9.17, 15) is 19.1 Å². The number of likely N-dealkylation sites (tertiary alicyclic amines) is 1. The number of rotatable bonds is 9. The van der Waals surface area contributed by atoms with Crippen LogP contribution in [0.15, 0.2) is 30.3 Å². The first-order valence-corrected chi connectivity index (χ1v) is 12.7. The topological polar surface area (TPSA) is 94.6 Å². The normalized spacial score (nSPS) is 20.8. The molecule has 1 amide bonds. The van der Waals surface area contributed by atoms with Gasteiger partial charge in [-0.2, -0.15) is 0 Å². The van der Waals surface area contributed by atoms with Gasteiger partial charge in [-0.15, -0.1) is 0 Å². The molecule has 4 rings (SSSR count). The predicted molar refractivity (Wildman–Crippen MR) is 134 cm³/mol. The van der Waals surface area contributed by atoms with Crippen LogP contribution < -0.4 is 10.6 Å². The fourth-order valence-corrected chi connectivity index (χ4v) is 5.13. The average Bonchev–Trinajstić information content (AvgIpc) is 2.86. The van der Waals surface area contributed by atoms with Crippen LogP contribution in [0.3, 0.4) is 0 Å². The maximum atomic E-state index is 15.7. The van der Waals surface area contributed by atoms with Gasteiger partial charge < -0.3 is 20.6 Å². The lowest BCUT2D eigenvalue weighted by molar-refractivity contribution is -0.139. The fourth-order valence-electron chi connectivity index (χ4n) is 4.92. The zero-order valence-electron chi connectivity index (χ0n) is 20.0. The molecule has 0 radical (unpaired) electrons. The minimum atomic E-state index is -1.39. The number of anilines is 1. The van der Waals surface area contributed by atoms with Gasteiger partial charge in [0.2, 0.25) is 0 Å². The molecular weight excluding hydrogens is 490 g/mol. The van der Waals surface area contributed by atoms with Gasteiger partial charge in [-0.25, -0.2) is 18.6 Å². The van der Waals surface area contributed by atoms with Crippen molar-refractivity contribution in [2.24, 2.45) is 0 Å². The molecule has 1 aromatic heterocycles. The van der Waals surface area contributed by atoms with Gasteiger partial charge in [-0.1, -0.05) is 23.7 Å². The Labute approximate surface area is 214 Å². The Morgan fingerprint density at radius 1 is 1.28 bits per heavy atom. The second-order valence-corrected chi connectivity index (χ2v) is 10.0. The third-order valence-electron chi connectivity index (χ3n) is 6.92.